The average molecular weight is 481 g/mol. The highest BCUT2D eigenvalue weighted by atomic mass is 29.6. The molecule has 2 unspecified atom stereocenters. The summed E-state index contributed by atoms with van der Waals surface area (Å²) >= 11 is 0. The van der Waals surface area contributed by atoms with Crippen molar-refractivity contribution in [2.45, 2.75) is 77.1 Å². The predicted molar refractivity (Wildman–Crippen MR) is 141 cm³/mol. The normalized spacial score (nSPS) is 24.6. The molecule has 1 heterocycles. The van der Waals surface area contributed by atoms with E-state index in [0.717, 1.165) is 11.5 Å². The fourth-order valence-electron chi connectivity index (χ4n) is 6.27. The SMILES string of the molecule is COc1ccc(C2(O[Si](C)(C)C)C(C)C=CC[Si]2([Si](C)(C)C)[Si](C)(C)C)c(OC)c1. The Hall–Kier alpha value is -0.612. The van der Waals surface area contributed by atoms with Crippen LogP contribution in [0.4, 0.5) is 0 Å². The minimum atomic E-state index is -1.97. The summed E-state index contributed by atoms with van der Waals surface area (Å²) in [5.74, 6) is 2.08. The van der Waals surface area contributed by atoms with Gasteiger partial charge >= 0.3 is 0 Å². The summed E-state index contributed by atoms with van der Waals surface area (Å²) in [4.78, 5) is 0. The Morgan fingerprint density at radius 2 is 1.47 bits per heavy atom. The van der Waals surface area contributed by atoms with Gasteiger partial charge in [0.2, 0.25) is 0 Å². The van der Waals surface area contributed by atoms with Crippen LogP contribution in [0.25, 0.3) is 0 Å². The lowest BCUT2D eigenvalue weighted by Crippen LogP contribution is -2.84. The molecule has 0 amide bonds. The van der Waals surface area contributed by atoms with E-state index in [0.29, 0.717) is 5.92 Å². The van der Waals surface area contributed by atoms with Crippen LogP contribution in [0.2, 0.25) is 65.0 Å². The topological polar surface area (TPSA) is 27.7 Å². The van der Waals surface area contributed by atoms with E-state index in [-0.39, 0.29) is 5.22 Å². The van der Waals surface area contributed by atoms with Crippen molar-refractivity contribution in [3.63, 3.8) is 0 Å². The molecule has 0 bridgehead atoms. The summed E-state index contributed by atoms with van der Waals surface area (Å²) in [5.41, 5.74) is 1.27. The molecule has 170 valence electrons. The third kappa shape index (κ3) is 4.08. The average Bonchev–Trinajstić information content (AvgIpc) is 2.59. The molecule has 1 aliphatic heterocycles. The lowest BCUT2D eigenvalue weighted by molar-refractivity contribution is 0.0950. The third-order valence-corrected chi connectivity index (χ3v) is 48.5. The molecule has 1 aromatic rings. The van der Waals surface area contributed by atoms with Gasteiger partial charge in [0.1, 0.15) is 11.5 Å². The first-order valence-corrected chi connectivity index (χ1v) is 25.8. The number of ether oxygens (including phenoxy) is 2. The van der Waals surface area contributed by atoms with E-state index in [2.05, 4.69) is 96.2 Å². The second-order valence-corrected chi connectivity index (χ2v) is 43.9. The molecular formula is C23H44O3Si4. The van der Waals surface area contributed by atoms with E-state index in [1.807, 2.05) is 0 Å². The van der Waals surface area contributed by atoms with Gasteiger partial charge in [-0.05, 0) is 37.8 Å². The van der Waals surface area contributed by atoms with E-state index in [4.69, 9.17) is 13.9 Å². The van der Waals surface area contributed by atoms with Crippen molar-refractivity contribution < 1.29 is 13.9 Å². The molecule has 0 radical (unpaired) electrons. The quantitative estimate of drug-likeness (QED) is 0.318. The highest BCUT2D eigenvalue weighted by Crippen LogP contribution is 2.57. The largest absolute Gasteiger partial charge is 0.497 e. The number of hydrogen-bond donors (Lipinski definition) is 0. The lowest BCUT2D eigenvalue weighted by atomic mass is 9.94. The van der Waals surface area contributed by atoms with E-state index >= 15 is 0 Å². The van der Waals surface area contributed by atoms with Crippen LogP contribution in [0.3, 0.4) is 0 Å². The van der Waals surface area contributed by atoms with Crippen molar-refractivity contribution in [3.8, 4) is 11.5 Å². The van der Waals surface area contributed by atoms with Crippen molar-refractivity contribution in [2.24, 2.45) is 5.92 Å². The summed E-state index contributed by atoms with van der Waals surface area (Å²) in [6.07, 6.45) is 4.94. The van der Waals surface area contributed by atoms with Gasteiger partial charge < -0.3 is 13.9 Å². The highest BCUT2D eigenvalue weighted by molar-refractivity contribution is 7.69. The van der Waals surface area contributed by atoms with Gasteiger partial charge in [-0.25, -0.2) is 0 Å². The second kappa shape index (κ2) is 8.39. The maximum atomic E-state index is 7.55. The first-order valence-electron chi connectivity index (χ1n) is 11.2. The second-order valence-electron chi connectivity index (χ2n) is 11.8. The summed E-state index contributed by atoms with van der Waals surface area (Å²) in [6, 6.07) is 7.65. The molecule has 0 fully saturated rings. The maximum absolute atomic E-state index is 7.55. The van der Waals surface area contributed by atoms with E-state index in [1.54, 1.807) is 14.2 Å². The Labute approximate surface area is 189 Å². The molecule has 2 atom stereocenters. The zero-order valence-corrected chi connectivity index (χ0v) is 25.4. The fraction of sp³-hybridized carbons (Fsp3) is 0.652. The van der Waals surface area contributed by atoms with Crippen molar-refractivity contribution in [2.75, 3.05) is 14.2 Å². The molecule has 0 aromatic heterocycles. The van der Waals surface area contributed by atoms with Crippen LogP contribution in [0.1, 0.15) is 12.5 Å². The van der Waals surface area contributed by atoms with Gasteiger partial charge in [0, 0.05) is 32.7 Å². The van der Waals surface area contributed by atoms with Crippen LogP contribution in [0.5, 0.6) is 11.5 Å². The van der Waals surface area contributed by atoms with E-state index in [9.17, 15) is 0 Å². The van der Waals surface area contributed by atoms with Crippen LogP contribution < -0.4 is 9.47 Å². The molecule has 0 spiro atoms. The Bertz CT molecular complexity index is 773. The van der Waals surface area contributed by atoms with Crippen molar-refractivity contribution >= 4 is 30.6 Å². The van der Waals surface area contributed by atoms with Crippen molar-refractivity contribution in [3.05, 3.63) is 35.9 Å². The number of rotatable bonds is 7. The van der Waals surface area contributed by atoms with Crippen molar-refractivity contribution in [1.82, 2.24) is 0 Å². The first kappa shape index (κ1) is 25.6. The Kier molecular flexibility index (Phi) is 7.17. The number of benzene rings is 1. The molecule has 0 N–H and O–H groups in total. The standard InChI is InChI=1S/C23H44O3Si4/c1-19-14-13-17-30(28(7,8)9,29(10,11)12)23(19,26-27(4,5)6)21-16-15-20(24-2)18-22(21)25-3/h13-16,18-19H,17H2,1-12H3. The van der Waals surface area contributed by atoms with Crippen LogP contribution in [0.15, 0.2) is 30.4 Å². The molecular weight excluding hydrogens is 437 g/mol. The van der Waals surface area contributed by atoms with Gasteiger partial charge in [-0.1, -0.05) is 58.4 Å². The van der Waals surface area contributed by atoms with E-state index < -0.39 is 30.6 Å². The van der Waals surface area contributed by atoms with Gasteiger partial charge in [-0.2, -0.15) is 0 Å². The lowest BCUT2D eigenvalue weighted by Gasteiger charge is -2.65. The van der Waals surface area contributed by atoms with Crippen molar-refractivity contribution in [1.29, 1.82) is 0 Å². The number of allylic oxidation sites excluding steroid dienone is 1. The molecule has 1 aliphatic rings. The smallest absolute Gasteiger partial charge is 0.184 e. The molecule has 0 aliphatic carbocycles. The maximum Gasteiger partial charge on any atom is 0.184 e. The summed E-state index contributed by atoms with van der Waals surface area (Å²) in [5, 5.41) is -0.265. The van der Waals surface area contributed by atoms with E-state index in [1.165, 1.54) is 11.6 Å². The zero-order valence-electron chi connectivity index (χ0n) is 21.4. The highest BCUT2D eigenvalue weighted by Gasteiger charge is 2.70. The fourth-order valence-corrected chi connectivity index (χ4v) is 58.3. The zero-order chi connectivity index (χ0) is 23.2. The van der Waals surface area contributed by atoms with Gasteiger partial charge in [0.25, 0.3) is 0 Å². The summed E-state index contributed by atoms with van der Waals surface area (Å²) in [7, 11) is -3.55. The Morgan fingerprint density at radius 3 is 1.90 bits per heavy atom. The number of hydrogen-bond acceptors (Lipinski definition) is 3. The van der Waals surface area contributed by atoms with Gasteiger partial charge in [0.05, 0.1) is 26.6 Å². The molecule has 0 saturated carbocycles. The monoisotopic (exact) mass is 480 g/mol. The molecule has 0 saturated heterocycles. The summed E-state index contributed by atoms with van der Waals surface area (Å²) < 4.78 is 19.1. The minimum Gasteiger partial charge on any atom is -0.497 e. The Morgan fingerprint density at radius 1 is 0.900 bits per heavy atom. The molecule has 2 rings (SSSR count). The Balaban J connectivity index is 3.08. The molecule has 7 heteroatoms. The molecule has 3 nitrogen and oxygen atoms in total. The minimum absolute atomic E-state index is 0.265. The van der Waals surface area contributed by atoms with Crippen LogP contribution in [-0.2, 0) is 9.65 Å². The predicted octanol–water partition coefficient (Wildman–Crippen LogP) is 6.78. The van der Waals surface area contributed by atoms with Crippen LogP contribution >= 0.6 is 0 Å². The van der Waals surface area contributed by atoms with Gasteiger partial charge in [0.15, 0.2) is 8.32 Å². The third-order valence-electron chi connectivity index (χ3n) is 6.96. The number of methoxy groups -OCH3 is 2. The van der Waals surface area contributed by atoms with Crippen LogP contribution in [0, 0.1) is 5.92 Å². The molecule has 1 aromatic carbocycles. The van der Waals surface area contributed by atoms with Gasteiger partial charge in [-0.15, -0.1) is 0 Å². The van der Waals surface area contributed by atoms with Gasteiger partial charge in [-0.3, -0.25) is 0 Å². The first-order chi connectivity index (χ1) is 13.6. The van der Waals surface area contributed by atoms with Crippen LogP contribution in [-0.4, -0.2) is 44.8 Å². The summed E-state index contributed by atoms with van der Waals surface area (Å²) in [6.45, 7) is 25.1. The molecule has 30 heavy (non-hydrogen) atoms.